The highest BCUT2D eigenvalue weighted by Crippen LogP contribution is 2.38. The van der Waals surface area contributed by atoms with E-state index in [-0.39, 0.29) is 4.58 Å². The Morgan fingerprint density at radius 3 is 2.77 bits per heavy atom. The molecule has 0 bridgehead atoms. The molecule has 2 rings (SSSR count). The summed E-state index contributed by atoms with van der Waals surface area (Å²) in [5.74, 6) is 2.01. The van der Waals surface area contributed by atoms with Crippen molar-refractivity contribution < 1.29 is 4.55 Å². The first kappa shape index (κ1) is 9.44. The lowest BCUT2D eigenvalue weighted by Crippen LogP contribution is -2.19. The smallest absolute Gasteiger partial charge is 0.186 e. The molecule has 0 aliphatic carbocycles. The molecule has 2 atom stereocenters. The monoisotopic (exact) mass is 212 g/mol. The van der Waals surface area contributed by atoms with Crippen molar-refractivity contribution in [1.29, 1.82) is 0 Å². The van der Waals surface area contributed by atoms with Crippen molar-refractivity contribution in [1.82, 2.24) is 0 Å². The quantitative estimate of drug-likeness (QED) is 0.668. The van der Waals surface area contributed by atoms with Crippen molar-refractivity contribution in [2.24, 2.45) is 0 Å². The van der Waals surface area contributed by atoms with E-state index in [1.807, 2.05) is 30.0 Å². The van der Waals surface area contributed by atoms with Crippen molar-refractivity contribution in [3.63, 3.8) is 0 Å². The predicted octanol–water partition coefficient (Wildman–Crippen LogP) is 2.57. The van der Waals surface area contributed by atoms with E-state index in [9.17, 15) is 4.55 Å². The fourth-order valence-corrected chi connectivity index (χ4v) is 4.78. The van der Waals surface area contributed by atoms with Crippen molar-refractivity contribution >= 4 is 22.9 Å². The van der Waals surface area contributed by atoms with Gasteiger partial charge >= 0.3 is 0 Å². The molecule has 0 radical (unpaired) electrons. The molecule has 70 valence electrons. The van der Waals surface area contributed by atoms with Gasteiger partial charge in [0.1, 0.15) is 5.75 Å². The summed E-state index contributed by atoms with van der Waals surface area (Å²) in [5.41, 5.74) is 1.21. The zero-order valence-electron chi connectivity index (χ0n) is 7.31. The molecule has 1 aliphatic heterocycles. The molecule has 0 aromatic heterocycles. The molecule has 2 unspecified atom stereocenters. The second kappa shape index (κ2) is 4.40. The highest BCUT2D eigenvalue weighted by Gasteiger charge is 2.28. The minimum Gasteiger partial charge on any atom is -0.615 e. The molecule has 3 heteroatoms. The lowest BCUT2D eigenvalue weighted by molar-refractivity contribution is 0.590. The summed E-state index contributed by atoms with van der Waals surface area (Å²) in [6, 6.07) is 10.2. The van der Waals surface area contributed by atoms with Gasteiger partial charge in [-0.25, -0.2) is 0 Å². The molecule has 0 N–H and O–H groups in total. The number of hydrogen-bond acceptors (Lipinski definition) is 2. The fraction of sp³-hybridized carbons (Fsp3) is 0.400. The van der Waals surface area contributed by atoms with Gasteiger partial charge in [0.05, 0.1) is 0 Å². The average Bonchev–Trinajstić information content (AvgIpc) is 2.20. The third-order valence-corrected chi connectivity index (χ3v) is 5.66. The molecule has 1 heterocycles. The lowest BCUT2D eigenvalue weighted by atomic mass is 10.2. The molecule has 0 spiro atoms. The van der Waals surface area contributed by atoms with Gasteiger partial charge in [-0.1, -0.05) is 30.3 Å². The highest BCUT2D eigenvalue weighted by atomic mass is 32.3. The number of benzene rings is 1. The van der Waals surface area contributed by atoms with Crippen LogP contribution in [0.2, 0.25) is 0 Å². The molecule has 13 heavy (non-hydrogen) atoms. The Labute approximate surface area is 86.1 Å². The first-order valence-corrected chi connectivity index (χ1v) is 6.85. The zero-order valence-corrected chi connectivity index (χ0v) is 8.94. The van der Waals surface area contributed by atoms with Gasteiger partial charge in [0.15, 0.2) is 4.58 Å². The first-order valence-electron chi connectivity index (χ1n) is 4.41. The van der Waals surface area contributed by atoms with E-state index in [1.54, 1.807) is 0 Å². The molecule has 1 aliphatic rings. The molecule has 1 aromatic carbocycles. The van der Waals surface area contributed by atoms with E-state index in [2.05, 4.69) is 12.1 Å². The summed E-state index contributed by atoms with van der Waals surface area (Å²) < 4.78 is 11.9. The van der Waals surface area contributed by atoms with E-state index in [1.165, 1.54) is 5.56 Å². The second-order valence-electron chi connectivity index (χ2n) is 3.05. The van der Waals surface area contributed by atoms with Crippen LogP contribution in [0.1, 0.15) is 16.6 Å². The van der Waals surface area contributed by atoms with Crippen LogP contribution in [0.25, 0.3) is 0 Å². The maximum absolute atomic E-state index is 11.7. The van der Waals surface area contributed by atoms with E-state index < -0.39 is 11.2 Å². The first-order chi connectivity index (χ1) is 6.38. The Morgan fingerprint density at radius 2 is 2.08 bits per heavy atom. The molecule has 1 aromatic rings. The van der Waals surface area contributed by atoms with E-state index in [0.29, 0.717) is 0 Å². The minimum absolute atomic E-state index is 0.218. The highest BCUT2D eigenvalue weighted by molar-refractivity contribution is 8.13. The summed E-state index contributed by atoms with van der Waals surface area (Å²) in [4.78, 5) is 0. The van der Waals surface area contributed by atoms with Crippen LogP contribution in [-0.2, 0) is 11.2 Å². The Kier molecular flexibility index (Phi) is 3.19. The van der Waals surface area contributed by atoms with Gasteiger partial charge in [-0.2, -0.15) is 0 Å². The maximum atomic E-state index is 11.7. The fourth-order valence-electron chi connectivity index (χ4n) is 1.43. The van der Waals surface area contributed by atoms with E-state index in [4.69, 9.17) is 0 Å². The molecule has 0 saturated carbocycles. The standard InChI is InChI=1S/C10H12OS2/c11-13-8-4-7-12-10(13)9-5-2-1-3-6-9/h1-3,5-6,10H,4,7-8H2. The van der Waals surface area contributed by atoms with Gasteiger partial charge in [-0.3, -0.25) is 0 Å². The van der Waals surface area contributed by atoms with Gasteiger partial charge < -0.3 is 4.55 Å². The Hall–Kier alpha value is -0.120. The molecular formula is C10H12OS2. The predicted molar refractivity (Wildman–Crippen MR) is 59.3 cm³/mol. The van der Waals surface area contributed by atoms with E-state index >= 15 is 0 Å². The molecular weight excluding hydrogens is 200 g/mol. The third-order valence-electron chi connectivity index (χ3n) is 2.07. The Morgan fingerprint density at radius 1 is 1.31 bits per heavy atom. The molecule has 1 fully saturated rings. The SMILES string of the molecule is [O-][S+]1CCCSC1c1ccccc1. The van der Waals surface area contributed by atoms with Crippen LogP contribution < -0.4 is 0 Å². The van der Waals surface area contributed by atoms with Crippen LogP contribution in [0.5, 0.6) is 0 Å². The van der Waals surface area contributed by atoms with Crippen molar-refractivity contribution in [2.75, 3.05) is 11.5 Å². The summed E-state index contributed by atoms with van der Waals surface area (Å²) in [6.07, 6.45) is 1.10. The third kappa shape index (κ3) is 2.22. The normalized spacial score (nSPS) is 28.7. The summed E-state index contributed by atoms with van der Waals surface area (Å²) >= 11 is 1.16. The van der Waals surface area contributed by atoms with Crippen LogP contribution in [0, 0.1) is 0 Å². The number of thioether (sulfide) groups is 1. The van der Waals surface area contributed by atoms with Crippen LogP contribution in [0.4, 0.5) is 0 Å². The van der Waals surface area contributed by atoms with Crippen molar-refractivity contribution in [2.45, 2.75) is 11.0 Å². The largest absolute Gasteiger partial charge is 0.615 e. The summed E-state index contributed by atoms with van der Waals surface area (Å²) in [5, 5.41) is 0. The van der Waals surface area contributed by atoms with Gasteiger partial charge in [0, 0.05) is 17.7 Å². The molecule has 1 saturated heterocycles. The van der Waals surface area contributed by atoms with Crippen molar-refractivity contribution in [3.05, 3.63) is 35.9 Å². The van der Waals surface area contributed by atoms with Gasteiger partial charge in [0.2, 0.25) is 0 Å². The summed E-state index contributed by atoms with van der Waals surface area (Å²) in [6.45, 7) is 0. The lowest BCUT2D eigenvalue weighted by Gasteiger charge is -2.25. The molecule has 1 nitrogen and oxygen atoms in total. The number of hydrogen-bond donors (Lipinski definition) is 0. The zero-order chi connectivity index (χ0) is 9.10. The van der Waals surface area contributed by atoms with E-state index in [0.717, 1.165) is 17.9 Å². The van der Waals surface area contributed by atoms with Crippen LogP contribution in [0.3, 0.4) is 0 Å². The second-order valence-corrected chi connectivity index (χ2v) is 6.20. The Bertz CT molecular complexity index is 263. The number of rotatable bonds is 1. The molecule has 0 amide bonds. The van der Waals surface area contributed by atoms with Gasteiger partial charge in [-0.05, 0) is 11.2 Å². The van der Waals surface area contributed by atoms with Gasteiger partial charge in [-0.15, -0.1) is 11.8 Å². The maximum Gasteiger partial charge on any atom is 0.186 e. The van der Waals surface area contributed by atoms with Crippen LogP contribution in [-0.4, -0.2) is 16.1 Å². The minimum atomic E-state index is -0.666. The van der Waals surface area contributed by atoms with Crippen LogP contribution >= 0.6 is 11.8 Å². The summed E-state index contributed by atoms with van der Waals surface area (Å²) in [7, 11) is 0. The Balaban J connectivity index is 2.15. The average molecular weight is 212 g/mol. The van der Waals surface area contributed by atoms with Crippen molar-refractivity contribution in [3.8, 4) is 0 Å². The van der Waals surface area contributed by atoms with Crippen LogP contribution in [0.15, 0.2) is 30.3 Å². The van der Waals surface area contributed by atoms with Gasteiger partial charge in [0.25, 0.3) is 0 Å². The topological polar surface area (TPSA) is 23.1 Å².